The molecule has 0 radical (unpaired) electrons. The Hall–Kier alpha value is 0.0169. The first-order chi connectivity index (χ1) is 4.63. The molecular weight excluding hydrogens is 152 g/mol. The van der Waals surface area contributed by atoms with Gasteiger partial charge < -0.3 is 24.7 Å². The van der Waals surface area contributed by atoms with Gasteiger partial charge in [0.15, 0.2) is 0 Å². The van der Waals surface area contributed by atoms with Crippen molar-refractivity contribution < 1.29 is 13.3 Å². The molecule has 0 heterocycles. The summed E-state index contributed by atoms with van der Waals surface area (Å²) >= 11 is 0. The number of nitrogens with two attached hydrogens (primary N) is 2. The number of rotatable bonds is 4. The Kier molecular flexibility index (Phi) is 4.02. The van der Waals surface area contributed by atoms with Crippen molar-refractivity contribution in [2.75, 3.05) is 21.3 Å². The maximum atomic E-state index is 5.37. The lowest BCUT2D eigenvalue weighted by atomic mass is 11.2. The van der Waals surface area contributed by atoms with Crippen molar-refractivity contribution >= 4 is 8.80 Å². The lowest BCUT2D eigenvalue weighted by molar-refractivity contribution is 0.113. The van der Waals surface area contributed by atoms with Gasteiger partial charge in [0.1, 0.15) is 5.79 Å². The quantitative estimate of drug-likeness (QED) is 0.398. The summed E-state index contributed by atoms with van der Waals surface area (Å²) in [4.78, 5) is 0. The van der Waals surface area contributed by atoms with Gasteiger partial charge in [-0.25, -0.2) is 0 Å². The van der Waals surface area contributed by atoms with Gasteiger partial charge in [0.05, 0.1) is 0 Å². The summed E-state index contributed by atoms with van der Waals surface area (Å²) in [6.07, 6.45) is 0. The summed E-state index contributed by atoms with van der Waals surface area (Å²) in [7, 11) is 1.65. The normalized spacial score (nSPS) is 12.6. The largest absolute Gasteiger partial charge is 0.532 e. The number of hydrogen-bond acceptors (Lipinski definition) is 5. The first-order valence-electron chi connectivity index (χ1n) is 2.79. The van der Waals surface area contributed by atoms with Crippen molar-refractivity contribution in [2.45, 2.75) is 5.79 Å². The summed E-state index contributed by atoms with van der Waals surface area (Å²) in [5.74, 6) is -0.688. The smallest absolute Gasteiger partial charge is 0.375 e. The highest BCUT2D eigenvalue weighted by Crippen LogP contribution is 2.05. The van der Waals surface area contributed by atoms with Crippen LogP contribution in [0.3, 0.4) is 0 Å². The molecule has 0 aliphatic heterocycles. The van der Waals surface area contributed by atoms with Gasteiger partial charge in [0.25, 0.3) is 0 Å². The van der Waals surface area contributed by atoms with Gasteiger partial charge in [0, 0.05) is 21.3 Å². The van der Waals surface area contributed by atoms with Crippen molar-refractivity contribution in [2.24, 2.45) is 11.5 Å². The van der Waals surface area contributed by atoms with E-state index in [2.05, 4.69) is 0 Å². The van der Waals surface area contributed by atoms with Gasteiger partial charge in [-0.1, -0.05) is 0 Å². The average molecular weight is 166 g/mol. The predicted molar refractivity (Wildman–Crippen MR) is 38.9 cm³/mol. The Morgan fingerprint density at radius 1 is 1.00 bits per heavy atom. The zero-order chi connectivity index (χ0) is 8.20. The maximum absolute atomic E-state index is 5.37. The Labute approximate surface area is 61.6 Å². The third kappa shape index (κ3) is 1.75. The molecule has 0 spiro atoms. The molecule has 0 amide bonds. The van der Waals surface area contributed by atoms with Crippen molar-refractivity contribution in [3.63, 3.8) is 0 Å². The fourth-order valence-corrected chi connectivity index (χ4v) is 1.97. The summed E-state index contributed by atoms with van der Waals surface area (Å²) in [6.45, 7) is 0. The third-order valence-corrected chi connectivity index (χ3v) is 3.79. The molecule has 0 aliphatic carbocycles. The Bertz CT molecular complexity index is 88.2. The molecule has 0 unspecified atom stereocenters. The van der Waals surface area contributed by atoms with Gasteiger partial charge in [-0.2, -0.15) is 0 Å². The van der Waals surface area contributed by atoms with Crippen LogP contribution in [-0.4, -0.2) is 35.9 Å². The molecule has 0 aromatic rings. The van der Waals surface area contributed by atoms with E-state index in [1.165, 1.54) is 21.3 Å². The molecule has 0 saturated heterocycles. The lowest BCUT2D eigenvalue weighted by Gasteiger charge is -2.26. The molecule has 62 valence electrons. The van der Waals surface area contributed by atoms with E-state index in [0.717, 1.165) is 0 Å². The molecular formula is C4H14N2O3Si. The molecule has 0 aromatic heterocycles. The molecule has 6 heteroatoms. The summed E-state index contributed by atoms with van der Waals surface area (Å²) in [5, 5.41) is 0. The molecule has 0 saturated carbocycles. The fourth-order valence-electron chi connectivity index (χ4n) is 0.658. The van der Waals surface area contributed by atoms with E-state index in [1.54, 1.807) is 0 Å². The predicted octanol–water partition coefficient (Wildman–Crippen LogP) is -1.35. The summed E-state index contributed by atoms with van der Waals surface area (Å²) in [5.41, 5.74) is 10.7. The minimum absolute atomic E-state index is 0.688. The highest BCUT2D eigenvalue weighted by molar-refractivity contribution is 6.62. The summed E-state index contributed by atoms with van der Waals surface area (Å²) < 4.78 is 14.8. The van der Waals surface area contributed by atoms with Crippen LogP contribution in [0, 0.1) is 0 Å². The molecule has 0 aromatic carbocycles. The van der Waals surface area contributed by atoms with E-state index >= 15 is 0 Å². The highest BCUT2D eigenvalue weighted by atomic mass is 28.4. The van der Waals surface area contributed by atoms with Gasteiger partial charge in [0.2, 0.25) is 0 Å². The van der Waals surface area contributed by atoms with Crippen LogP contribution in [0.1, 0.15) is 0 Å². The molecule has 0 rings (SSSR count). The van der Waals surface area contributed by atoms with Crippen LogP contribution in [0.2, 0.25) is 0 Å². The second-order valence-corrected chi connectivity index (χ2v) is 4.84. The first-order valence-corrected chi connectivity index (χ1v) is 4.59. The molecule has 4 N–H and O–H groups in total. The van der Waals surface area contributed by atoms with E-state index in [4.69, 9.17) is 24.7 Å². The number of hydrogen-bond donors (Lipinski definition) is 2. The van der Waals surface area contributed by atoms with Crippen LogP contribution in [0.25, 0.3) is 0 Å². The Balaban J connectivity index is 4.15. The second-order valence-electron chi connectivity index (χ2n) is 1.74. The topological polar surface area (TPSA) is 79.7 Å². The van der Waals surface area contributed by atoms with Crippen molar-refractivity contribution in [1.82, 2.24) is 0 Å². The van der Waals surface area contributed by atoms with Crippen molar-refractivity contribution in [3.05, 3.63) is 0 Å². The van der Waals surface area contributed by atoms with Gasteiger partial charge >= 0.3 is 8.80 Å². The zero-order valence-corrected chi connectivity index (χ0v) is 7.46. The average Bonchev–Trinajstić information content (AvgIpc) is 1.92. The molecule has 0 fully saturated rings. The van der Waals surface area contributed by atoms with Crippen LogP contribution in [0.5, 0.6) is 0 Å². The fraction of sp³-hybridized carbons (Fsp3) is 1.00. The minimum atomic E-state index is -2.74. The molecule has 0 bridgehead atoms. The standard InChI is InChI=1S/C4H14N2O3Si/c1-7-10(8-2,9-3)4(5)6/h4H,5-6H2,1-3H3. The SMILES string of the molecule is CO[Si](OC)(OC)C(N)N. The van der Waals surface area contributed by atoms with Gasteiger partial charge in [-0.05, 0) is 0 Å². The Morgan fingerprint density at radius 2 is 1.30 bits per heavy atom. The van der Waals surface area contributed by atoms with E-state index in [1.807, 2.05) is 0 Å². The highest BCUT2D eigenvalue weighted by Gasteiger charge is 2.43. The zero-order valence-electron chi connectivity index (χ0n) is 6.46. The van der Waals surface area contributed by atoms with E-state index in [0.29, 0.717) is 0 Å². The second kappa shape index (κ2) is 4.01. The van der Waals surface area contributed by atoms with E-state index in [-0.39, 0.29) is 0 Å². The third-order valence-electron chi connectivity index (χ3n) is 1.26. The van der Waals surface area contributed by atoms with Crippen molar-refractivity contribution in [1.29, 1.82) is 0 Å². The van der Waals surface area contributed by atoms with Crippen LogP contribution in [0.15, 0.2) is 0 Å². The van der Waals surface area contributed by atoms with Crippen molar-refractivity contribution in [3.8, 4) is 0 Å². The van der Waals surface area contributed by atoms with E-state index in [9.17, 15) is 0 Å². The molecule has 0 aliphatic rings. The molecule has 5 nitrogen and oxygen atoms in total. The van der Waals surface area contributed by atoms with Crippen LogP contribution in [-0.2, 0) is 13.3 Å². The summed E-state index contributed by atoms with van der Waals surface area (Å²) in [6, 6.07) is 0. The van der Waals surface area contributed by atoms with Gasteiger partial charge in [-0.3, -0.25) is 0 Å². The van der Waals surface area contributed by atoms with E-state index < -0.39 is 14.6 Å². The lowest BCUT2D eigenvalue weighted by Crippen LogP contribution is -2.63. The first kappa shape index (κ1) is 10.0. The van der Waals surface area contributed by atoms with Crippen LogP contribution >= 0.6 is 0 Å². The Morgan fingerprint density at radius 3 is 1.30 bits per heavy atom. The van der Waals surface area contributed by atoms with Crippen LogP contribution < -0.4 is 11.5 Å². The monoisotopic (exact) mass is 166 g/mol. The van der Waals surface area contributed by atoms with Crippen LogP contribution in [0.4, 0.5) is 0 Å². The molecule has 0 atom stereocenters. The molecule has 10 heavy (non-hydrogen) atoms. The minimum Gasteiger partial charge on any atom is -0.375 e. The van der Waals surface area contributed by atoms with Gasteiger partial charge in [-0.15, -0.1) is 0 Å². The maximum Gasteiger partial charge on any atom is 0.532 e.